The third-order valence-electron chi connectivity index (χ3n) is 2.16. The molecule has 5 heteroatoms. The van der Waals surface area contributed by atoms with Crippen LogP contribution >= 0.6 is 63.7 Å². The van der Waals surface area contributed by atoms with Crippen molar-refractivity contribution in [1.29, 1.82) is 0 Å². The maximum atomic E-state index is 3.57. The average molecular weight is 485 g/mol. The SMILES string of the molecule is Brc1cc(Br)c(Nc2ccccc2)c(Br)c1Br. The maximum absolute atomic E-state index is 3.57. The zero-order valence-corrected chi connectivity index (χ0v) is 14.8. The Labute approximate surface area is 134 Å². The summed E-state index contributed by atoms with van der Waals surface area (Å²) in [5, 5.41) is 3.36. The molecule has 0 amide bonds. The first-order valence-corrected chi connectivity index (χ1v) is 7.92. The van der Waals surface area contributed by atoms with E-state index in [2.05, 4.69) is 69.0 Å². The molecule has 0 spiro atoms. The Kier molecular flexibility index (Phi) is 4.69. The fourth-order valence-corrected chi connectivity index (χ4v) is 3.98. The standard InChI is InChI=1S/C12H7Br4N/c13-8-6-9(14)12(11(16)10(8)15)17-7-4-2-1-3-5-7/h1-6,17H. The van der Waals surface area contributed by atoms with Crippen molar-refractivity contribution in [3.8, 4) is 0 Å². The molecule has 0 saturated carbocycles. The fourth-order valence-electron chi connectivity index (χ4n) is 1.35. The highest BCUT2D eigenvalue weighted by Gasteiger charge is 2.12. The maximum Gasteiger partial charge on any atom is 0.0685 e. The predicted octanol–water partition coefficient (Wildman–Crippen LogP) is 6.48. The zero-order valence-electron chi connectivity index (χ0n) is 8.48. The molecule has 0 unspecified atom stereocenters. The van der Waals surface area contributed by atoms with Crippen molar-refractivity contribution >= 4 is 75.1 Å². The quantitative estimate of drug-likeness (QED) is 0.380. The van der Waals surface area contributed by atoms with E-state index in [4.69, 9.17) is 0 Å². The summed E-state index contributed by atoms with van der Waals surface area (Å²) in [6.07, 6.45) is 0. The molecule has 2 aromatic rings. The molecular weight excluding hydrogens is 478 g/mol. The van der Waals surface area contributed by atoms with Crippen molar-refractivity contribution in [2.75, 3.05) is 5.32 Å². The predicted molar refractivity (Wildman–Crippen MR) is 87.0 cm³/mol. The molecule has 0 aliphatic rings. The first kappa shape index (κ1) is 13.6. The first-order chi connectivity index (χ1) is 8.09. The molecular formula is C12H7Br4N. The van der Waals surface area contributed by atoms with E-state index in [0.29, 0.717) is 0 Å². The monoisotopic (exact) mass is 481 g/mol. The van der Waals surface area contributed by atoms with Gasteiger partial charge in [0.25, 0.3) is 0 Å². The second-order valence-corrected chi connectivity index (χ2v) is 6.63. The Morgan fingerprint density at radius 2 is 1.41 bits per heavy atom. The lowest BCUT2D eigenvalue weighted by Crippen LogP contribution is -1.93. The third kappa shape index (κ3) is 3.13. The van der Waals surface area contributed by atoms with Crippen molar-refractivity contribution in [2.24, 2.45) is 0 Å². The first-order valence-electron chi connectivity index (χ1n) is 4.74. The van der Waals surface area contributed by atoms with E-state index in [1.54, 1.807) is 0 Å². The number of nitrogens with one attached hydrogen (secondary N) is 1. The van der Waals surface area contributed by atoms with Crippen LogP contribution in [0.5, 0.6) is 0 Å². The van der Waals surface area contributed by atoms with Gasteiger partial charge in [0.2, 0.25) is 0 Å². The van der Waals surface area contributed by atoms with Gasteiger partial charge in [0.1, 0.15) is 0 Å². The van der Waals surface area contributed by atoms with Gasteiger partial charge in [-0.15, -0.1) is 0 Å². The third-order valence-corrected chi connectivity index (χ3v) is 6.09. The van der Waals surface area contributed by atoms with Gasteiger partial charge in [-0.3, -0.25) is 0 Å². The summed E-state index contributed by atoms with van der Waals surface area (Å²) >= 11 is 14.1. The molecule has 0 fully saturated rings. The topological polar surface area (TPSA) is 12.0 Å². The highest BCUT2D eigenvalue weighted by atomic mass is 79.9. The second-order valence-electron chi connectivity index (χ2n) is 3.33. The van der Waals surface area contributed by atoms with Crippen LogP contribution in [0, 0.1) is 0 Å². The Balaban J connectivity index is 2.43. The number of para-hydroxylation sites is 1. The van der Waals surface area contributed by atoms with Gasteiger partial charge in [-0.05, 0) is 81.9 Å². The van der Waals surface area contributed by atoms with E-state index < -0.39 is 0 Å². The van der Waals surface area contributed by atoms with Crippen LogP contribution in [-0.4, -0.2) is 0 Å². The molecule has 0 bridgehead atoms. The van der Waals surface area contributed by atoms with Gasteiger partial charge in [-0.1, -0.05) is 18.2 Å². The lowest BCUT2D eigenvalue weighted by Gasteiger charge is -2.13. The molecule has 1 N–H and O–H groups in total. The van der Waals surface area contributed by atoms with E-state index in [1.807, 2.05) is 36.4 Å². The van der Waals surface area contributed by atoms with Crippen molar-refractivity contribution in [3.05, 3.63) is 54.3 Å². The van der Waals surface area contributed by atoms with E-state index in [1.165, 1.54) is 0 Å². The lowest BCUT2D eigenvalue weighted by atomic mass is 10.3. The molecule has 2 rings (SSSR count). The van der Waals surface area contributed by atoms with Crippen LogP contribution in [0.4, 0.5) is 11.4 Å². The van der Waals surface area contributed by atoms with Crippen molar-refractivity contribution in [1.82, 2.24) is 0 Å². The highest BCUT2D eigenvalue weighted by Crippen LogP contribution is 2.42. The molecule has 0 aliphatic carbocycles. The largest absolute Gasteiger partial charge is 0.354 e. The van der Waals surface area contributed by atoms with Crippen molar-refractivity contribution in [3.63, 3.8) is 0 Å². The Morgan fingerprint density at radius 1 is 0.765 bits per heavy atom. The second kappa shape index (κ2) is 5.87. The molecule has 0 saturated heterocycles. The Hall–Kier alpha value is 0.160. The summed E-state index contributed by atoms with van der Waals surface area (Å²) in [6.45, 7) is 0. The smallest absolute Gasteiger partial charge is 0.0685 e. The van der Waals surface area contributed by atoms with Gasteiger partial charge >= 0.3 is 0 Å². The summed E-state index contributed by atoms with van der Waals surface area (Å²) in [5.74, 6) is 0. The summed E-state index contributed by atoms with van der Waals surface area (Å²) in [4.78, 5) is 0. The molecule has 1 nitrogen and oxygen atoms in total. The number of halogens is 4. The van der Waals surface area contributed by atoms with Gasteiger partial charge in [-0.2, -0.15) is 0 Å². The normalized spacial score (nSPS) is 10.4. The van der Waals surface area contributed by atoms with E-state index in [-0.39, 0.29) is 0 Å². The summed E-state index contributed by atoms with van der Waals surface area (Å²) < 4.78 is 3.94. The van der Waals surface area contributed by atoms with Crippen LogP contribution in [0.1, 0.15) is 0 Å². The molecule has 0 aliphatic heterocycles. The van der Waals surface area contributed by atoms with Crippen LogP contribution in [0.2, 0.25) is 0 Å². The number of anilines is 2. The van der Waals surface area contributed by atoms with Crippen molar-refractivity contribution in [2.45, 2.75) is 0 Å². The zero-order chi connectivity index (χ0) is 12.4. The molecule has 17 heavy (non-hydrogen) atoms. The van der Waals surface area contributed by atoms with E-state index in [9.17, 15) is 0 Å². The molecule has 0 radical (unpaired) electrons. The van der Waals surface area contributed by atoms with Crippen LogP contribution in [0.25, 0.3) is 0 Å². The highest BCUT2D eigenvalue weighted by molar-refractivity contribution is 9.14. The summed E-state index contributed by atoms with van der Waals surface area (Å²) in [5.41, 5.74) is 2.04. The fraction of sp³-hybridized carbons (Fsp3) is 0. The minimum absolute atomic E-state index is 0.975. The number of hydrogen-bond acceptors (Lipinski definition) is 1. The van der Waals surface area contributed by atoms with Crippen molar-refractivity contribution < 1.29 is 0 Å². The van der Waals surface area contributed by atoms with Gasteiger partial charge in [0, 0.05) is 19.1 Å². The van der Waals surface area contributed by atoms with Gasteiger partial charge in [0.05, 0.1) is 10.2 Å². The molecule has 0 atom stereocenters. The number of benzene rings is 2. The molecule has 88 valence electrons. The van der Waals surface area contributed by atoms with Crippen LogP contribution in [0.3, 0.4) is 0 Å². The minimum atomic E-state index is 0.975. The average Bonchev–Trinajstić information content (AvgIpc) is 2.33. The lowest BCUT2D eigenvalue weighted by molar-refractivity contribution is 1.45. The van der Waals surface area contributed by atoms with Crippen LogP contribution in [-0.2, 0) is 0 Å². The molecule has 0 aromatic heterocycles. The summed E-state index contributed by atoms with van der Waals surface area (Å²) in [6, 6.07) is 12.0. The van der Waals surface area contributed by atoms with E-state index >= 15 is 0 Å². The van der Waals surface area contributed by atoms with Gasteiger partial charge < -0.3 is 5.32 Å². The Bertz CT molecular complexity index is 540. The minimum Gasteiger partial charge on any atom is -0.354 e. The molecule has 0 heterocycles. The van der Waals surface area contributed by atoms with Gasteiger partial charge in [-0.25, -0.2) is 0 Å². The van der Waals surface area contributed by atoms with Gasteiger partial charge in [0.15, 0.2) is 0 Å². The number of hydrogen-bond donors (Lipinski definition) is 1. The van der Waals surface area contributed by atoms with Crippen LogP contribution < -0.4 is 5.32 Å². The Morgan fingerprint density at radius 3 is 2.06 bits per heavy atom. The molecule has 2 aromatic carbocycles. The number of rotatable bonds is 2. The summed E-state index contributed by atoms with van der Waals surface area (Å²) in [7, 11) is 0. The van der Waals surface area contributed by atoms with Crippen LogP contribution in [0.15, 0.2) is 54.3 Å². The van der Waals surface area contributed by atoms with E-state index in [0.717, 1.165) is 29.3 Å².